The van der Waals surface area contributed by atoms with E-state index in [1.165, 1.54) is 0 Å². The Bertz CT molecular complexity index is 452. The molecule has 3 nitrogen and oxygen atoms in total. The highest BCUT2D eigenvalue weighted by atomic mass is 19.2. The number of carbonyl (C=O) groups excluding carboxylic acids is 1. The van der Waals surface area contributed by atoms with Gasteiger partial charge in [-0.2, -0.15) is 0 Å². The number of anilines is 1. The van der Waals surface area contributed by atoms with Crippen LogP contribution in [0.25, 0.3) is 0 Å². The Hall–Kier alpha value is -1.63. The first kappa shape index (κ1) is 11.8. The van der Waals surface area contributed by atoms with E-state index in [1.54, 1.807) is 0 Å². The molecule has 17 heavy (non-hydrogen) atoms. The van der Waals surface area contributed by atoms with Gasteiger partial charge in [0, 0.05) is 19.2 Å². The van der Waals surface area contributed by atoms with Crippen molar-refractivity contribution in [2.45, 2.75) is 0 Å². The van der Waals surface area contributed by atoms with Crippen LogP contribution < -0.4 is 10.2 Å². The molecular formula is C10H8F4N2O. The predicted octanol–water partition coefficient (Wildman–Crippen LogP) is 1.18. The summed E-state index contributed by atoms with van der Waals surface area (Å²) >= 11 is 0. The fraction of sp³-hybridized carbons (Fsp3) is 0.300. The second-order valence-electron chi connectivity index (χ2n) is 3.54. The maximum atomic E-state index is 13.4. The number of halogens is 4. The summed E-state index contributed by atoms with van der Waals surface area (Å²) in [5.41, 5.74) is -0.964. The number of hydrogen-bond acceptors (Lipinski definition) is 2. The lowest BCUT2D eigenvalue weighted by Gasteiger charge is -2.28. The van der Waals surface area contributed by atoms with Crippen LogP contribution in [0.1, 0.15) is 0 Å². The van der Waals surface area contributed by atoms with Gasteiger partial charge in [0.25, 0.3) is 0 Å². The average molecular weight is 248 g/mol. The molecule has 0 saturated carbocycles. The van der Waals surface area contributed by atoms with E-state index in [0.717, 1.165) is 0 Å². The Morgan fingerprint density at radius 1 is 1.12 bits per heavy atom. The van der Waals surface area contributed by atoms with Crippen LogP contribution in [0.5, 0.6) is 0 Å². The lowest BCUT2D eigenvalue weighted by molar-refractivity contribution is -0.118. The van der Waals surface area contributed by atoms with Crippen LogP contribution in [0, 0.1) is 23.3 Å². The smallest absolute Gasteiger partial charge is 0.241 e. The summed E-state index contributed by atoms with van der Waals surface area (Å²) in [5.74, 6) is -6.80. The number of piperazine rings is 1. The molecule has 1 aromatic carbocycles. The molecule has 92 valence electrons. The van der Waals surface area contributed by atoms with Crippen molar-refractivity contribution >= 4 is 11.6 Å². The molecule has 1 heterocycles. The molecule has 0 aliphatic carbocycles. The van der Waals surface area contributed by atoms with Crippen molar-refractivity contribution in [2.24, 2.45) is 0 Å². The van der Waals surface area contributed by atoms with Crippen molar-refractivity contribution in [3.8, 4) is 0 Å². The highest BCUT2D eigenvalue weighted by Crippen LogP contribution is 2.28. The van der Waals surface area contributed by atoms with Gasteiger partial charge in [-0.3, -0.25) is 4.79 Å². The Morgan fingerprint density at radius 3 is 2.24 bits per heavy atom. The van der Waals surface area contributed by atoms with E-state index < -0.39 is 34.9 Å². The molecule has 2 rings (SSSR count). The van der Waals surface area contributed by atoms with Crippen LogP contribution in [-0.4, -0.2) is 25.5 Å². The van der Waals surface area contributed by atoms with E-state index in [4.69, 9.17) is 0 Å². The van der Waals surface area contributed by atoms with E-state index in [2.05, 4.69) is 5.32 Å². The molecule has 0 spiro atoms. The predicted molar refractivity (Wildman–Crippen MR) is 51.5 cm³/mol. The van der Waals surface area contributed by atoms with Gasteiger partial charge < -0.3 is 10.2 Å². The second kappa shape index (κ2) is 4.33. The zero-order valence-electron chi connectivity index (χ0n) is 8.57. The SMILES string of the molecule is O=C1CNCCN1c1c(F)c(F)cc(F)c1F. The van der Waals surface area contributed by atoms with E-state index >= 15 is 0 Å². The lowest BCUT2D eigenvalue weighted by Crippen LogP contribution is -2.49. The first-order chi connectivity index (χ1) is 8.02. The maximum Gasteiger partial charge on any atom is 0.241 e. The van der Waals surface area contributed by atoms with Crippen molar-refractivity contribution in [3.05, 3.63) is 29.3 Å². The standard InChI is InChI=1S/C10H8F4N2O/c11-5-3-6(12)9(14)10(8(5)13)16-2-1-15-4-7(16)17/h3,15H,1-2,4H2. The molecule has 1 fully saturated rings. The normalized spacial score (nSPS) is 16.5. The van der Waals surface area contributed by atoms with Crippen LogP contribution >= 0.6 is 0 Å². The van der Waals surface area contributed by atoms with E-state index in [1.807, 2.05) is 0 Å². The third-order valence-electron chi connectivity index (χ3n) is 2.45. The number of hydrogen-bond donors (Lipinski definition) is 1. The van der Waals surface area contributed by atoms with Crippen molar-refractivity contribution < 1.29 is 22.4 Å². The first-order valence-electron chi connectivity index (χ1n) is 4.86. The van der Waals surface area contributed by atoms with Gasteiger partial charge in [0.2, 0.25) is 5.91 Å². The number of rotatable bonds is 1. The monoisotopic (exact) mass is 248 g/mol. The molecule has 1 N–H and O–H groups in total. The van der Waals surface area contributed by atoms with E-state index in [9.17, 15) is 22.4 Å². The molecule has 0 bridgehead atoms. The van der Waals surface area contributed by atoms with Crippen molar-refractivity contribution in [3.63, 3.8) is 0 Å². The second-order valence-corrected chi connectivity index (χ2v) is 3.54. The summed E-state index contributed by atoms with van der Waals surface area (Å²) in [6, 6.07) is 0.112. The largest absolute Gasteiger partial charge is 0.307 e. The molecule has 1 saturated heterocycles. The number of nitrogens with one attached hydrogen (secondary N) is 1. The average Bonchev–Trinajstić information content (AvgIpc) is 2.29. The summed E-state index contributed by atoms with van der Waals surface area (Å²) in [7, 11) is 0. The molecule has 1 aliphatic heterocycles. The molecular weight excluding hydrogens is 240 g/mol. The summed E-state index contributed by atoms with van der Waals surface area (Å²) < 4.78 is 52.7. The Balaban J connectivity index is 2.53. The molecule has 1 aromatic rings. The van der Waals surface area contributed by atoms with Crippen LogP contribution in [0.15, 0.2) is 6.07 Å². The highest BCUT2D eigenvalue weighted by Gasteiger charge is 2.29. The van der Waals surface area contributed by atoms with Crippen molar-refractivity contribution in [1.82, 2.24) is 5.32 Å². The fourth-order valence-corrected chi connectivity index (χ4v) is 1.64. The van der Waals surface area contributed by atoms with E-state index in [0.29, 0.717) is 11.4 Å². The fourth-order valence-electron chi connectivity index (χ4n) is 1.64. The topological polar surface area (TPSA) is 32.3 Å². The Labute approximate surface area is 94.0 Å². The third kappa shape index (κ3) is 1.97. The van der Waals surface area contributed by atoms with Crippen molar-refractivity contribution in [1.29, 1.82) is 0 Å². The molecule has 1 aliphatic rings. The van der Waals surface area contributed by atoms with Crippen molar-refractivity contribution in [2.75, 3.05) is 24.5 Å². The molecule has 0 unspecified atom stereocenters. The summed E-state index contributed by atoms with van der Waals surface area (Å²) in [4.78, 5) is 12.1. The van der Waals surface area contributed by atoms with Gasteiger partial charge in [0.1, 0.15) is 5.69 Å². The van der Waals surface area contributed by atoms with Crippen LogP contribution in [-0.2, 0) is 4.79 Å². The molecule has 0 aromatic heterocycles. The highest BCUT2D eigenvalue weighted by molar-refractivity contribution is 5.95. The molecule has 1 amide bonds. The summed E-state index contributed by atoms with van der Waals surface area (Å²) in [6.45, 7) is 0.120. The number of carbonyl (C=O) groups is 1. The van der Waals surface area contributed by atoms with Crippen LogP contribution in [0.3, 0.4) is 0 Å². The minimum Gasteiger partial charge on any atom is -0.307 e. The van der Waals surface area contributed by atoms with Gasteiger partial charge in [-0.15, -0.1) is 0 Å². The summed E-state index contributed by atoms with van der Waals surface area (Å²) in [5, 5.41) is 2.68. The maximum absolute atomic E-state index is 13.4. The van der Waals surface area contributed by atoms with Crippen LogP contribution in [0.2, 0.25) is 0 Å². The zero-order valence-corrected chi connectivity index (χ0v) is 8.57. The molecule has 7 heteroatoms. The van der Waals surface area contributed by atoms with E-state index in [-0.39, 0.29) is 19.2 Å². The van der Waals surface area contributed by atoms with Gasteiger partial charge in [-0.25, -0.2) is 17.6 Å². The first-order valence-corrected chi connectivity index (χ1v) is 4.86. The van der Waals surface area contributed by atoms with Gasteiger partial charge in [-0.05, 0) is 0 Å². The van der Waals surface area contributed by atoms with Gasteiger partial charge >= 0.3 is 0 Å². The lowest BCUT2D eigenvalue weighted by atomic mass is 10.2. The van der Waals surface area contributed by atoms with Gasteiger partial charge in [0.05, 0.1) is 6.54 Å². The third-order valence-corrected chi connectivity index (χ3v) is 2.45. The molecule has 0 radical (unpaired) electrons. The quantitative estimate of drug-likeness (QED) is 0.598. The van der Waals surface area contributed by atoms with Gasteiger partial charge in [0.15, 0.2) is 23.3 Å². The number of benzene rings is 1. The minimum absolute atomic E-state index is 0.0461. The Kier molecular flexibility index (Phi) is 3.01. The number of nitrogens with zero attached hydrogens (tertiary/aromatic N) is 1. The van der Waals surface area contributed by atoms with Gasteiger partial charge in [-0.1, -0.05) is 0 Å². The zero-order chi connectivity index (χ0) is 12.6. The van der Waals surface area contributed by atoms with Crippen LogP contribution in [0.4, 0.5) is 23.2 Å². The number of amides is 1. The summed E-state index contributed by atoms with van der Waals surface area (Å²) in [6.07, 6.45) is 0. The molecule has 0 atom stereocenters. The Morgan fingerprint density at radius 2 is 1.71 bits per heavy atom. The minimum atomic E-state index is -1.56.